The Hall–Kier alpha value is -0.660. The summed E-state index contributed by atoms with van der Waals surface area (Å²) in [6.07, 6.45) is 1.18. The van der Waals surface area contributed by atoms with Crippen molar-refractivity contribution in [2.75, 3.05) is 0 Å². The third kappa shape index (κ3) is 3.38. The second-order valence-electron chi connectivity index (χ2n) is 2.29. The number of allylic oxidation sites excluding steroid dienone is 4. The lowest BCUT2D eigenvalue weighted by Gasteiger charge is -1.91. The summed E-state index contributed by atoms with van der Waals surface area (Å²) in [6, 6.07) is 0. The van der Waals surface area contributed by atoms with Crippen LogP contribution in [0.2, 0.25) is 0 Å². The van der Waals surface area contributed by atoms with E-state index in [1.54, 1.807) is 20.8 Å². The minimum Gasteiger partial charge on any atom is -0.212 e. The van der Waals surface area contributed by atoms with Crippen LogP contribution in [0.5, 0.6) is 0 Å². The Balaban J connectivity index is 4.27. The molecule has 0 aromatic carbocycles. The first-order valence-corrected chi connectivity index (χ1v) is 3.27. The van der Waals surface area contributed by atoms with E-state index in [0.717, 1.165) is 6.08 Å². The van der Waals surface area contributed by atoms with Crippen LogP contribution >= 0.6 is 0 Å². The Bertz CT molecular complexity index is 162. The summed E-state index contributed by atoms with van der Waals surface area (Å²) >= 11 is 0. The first-order chi connectivity index (χ1) is 4.57. The SMILES string of the molecule is CC/C(F)=C\C(F)=C(C)C. The van der Waals surface area contributed by atoms with Gasteiger partial charge in [0, 0.05) is 6.08 Å². The van der Waals surface area contributed by atoms with E-state index in [1.807, 2.05) is 0 Å². The number of hydrogen-bond donors (Lipinski definition) is 0. The highest BCUT2D eigenvalue weighted by Crippen LogP contribution is 2.11. The lowest BCUT2D eigenvalue weighted by molar-refractivity contribution is 0.584. The smallest absolute Gasteiger partial charge is 0.124 e. The highest BCUT2D eigenvalue weighted by atomic mass is 19.1. The molecule has 0 atom stereocenters. The van der Waals surface area contributed by atoms with Gasteiger partial charge < -0.3 is 0 Å². The molecule has 0 aliphatic heterocycles. The van der Waals surface area contributed by atoms with E-state index in [9.17, 15) is 8.78 Å². The highest BCUT2D eigenvalue weighted by molar-refractivity contribution is 5.18. The molecule has 0 radical (unpaired) electrons. The van der Waals surface area contributed by atoms with Crippen LogP contribution in [0.4, 0.5) is 8.78 Å². The van der Waals surface area contributed by atoms with Crippen LogP contribution in [0.25, 0.3) is 0 Å². The van der Waals surface area contributed by atoms with E-state index >= 15 is 0 Å². The third-order valence-electron chi connectivity index (χ3n) is 1.10. The maximum absolute atomic E-state index is 12.5. The maximum Gasteiger partial charge on any atom is 0.124 e. The molecule has 0 saturated heterocycles. The van der Waals surface area contributed by atoms with E-state index in [4.69, 9.17) is 0 Å². The van der Waals surface area contributed by atoms with Crippen LogP contribution in [0.15, 0.2) is 23.3 Å². The first-order valence-electron chi connectivity index (χ1n) is 3.27. The molecule has 0 spiro atoms. The van der Waals surface area contributed by atoms with Crippen molar-refractivity contribution in [2.45, 2.75) is 27.2 Å². The molecule has 0 N–H and O–H groups in total. The van der Waals surface area contributed by atoms with E-state index in [-0.39, 0.29) is 6.42 Å². The van der Waals surface area contributed by atoms with Crippen molar-refractivity contribution < 1.29 is 8.78 Å². The lowest BCUT2D eigenvalue weighted by atomic mass is 10.2. The van der Waals surface area contributed by atoms with E-state index < -0.39 is 11.7 Å². The van der Waals surface area contributed by atoms with Gasteiger partial charge in [-0.3, -0.25) is 0 Å². The third-order valence-corrected chi connectivity index (χ3v) is 1.10. The average molecular weight is 146 g/mol. The largest absolute Gasteiger partial charge is 0.212 e. The van der Waals surface area contributed by atoms with Crippen molar-refractivity contribution in [3.05, 3.63) is 23.3 Å². The summed E-state index contributed by atoms with van der Waals surface area (Å²) in [7, 11) is 0. The van der Waals surface area contributed by atoms with Gasteiger partial charge in [0.25, 0.3) is 0 Å². The molecule has 0 amide bonds. The molecule has 0 unspecified atom stereocenters. The molecule has 58 valence electrons. The number of hydrogen-bond acceptors (Lipinski definition) is 0. The summed E-state index contributed by atoms with van der Waals surface area (Å²) in [5.41, 5.74) is 0.503. The summed E-state index contributed by atoms with van der Waals surface area (Å²) in [5, 5.41) is 0. The maximum atomic E-state index is 12.5. The van der Waals surface area contributed by atoms with Crippen molar-refractivity contribution >= 4 is 0 Å². The molecule has 0 nitrogen and oxygen atoms in total. The van der Waals surface area contributed by atoms with Gasteiger partial charge in [-0.1, -0.05) is 6.92 Å². The van der Waals surface area contributed by atoms with Gasteiger partial charge in [0.05, 0.1) is 0 Å². The summed E-state index contributed by atoms with van der Waals surface area (Å²) in [6.45, 7) is 4.85. The van der Waals surface area contributed by atoms with Crippen LogP contribution < -0.4 is 0 Å². The van der Waals surface area contributed by atoms with Gasteiger partial charge in [0.15, 0.2) is 0 Å². The molecule has 10 heavy (non-hydrogen) atoms. The van der Waals surface area contributed by atoms with Crippen molar-refractivity contribution in [3.8, 4) is 0 Å². The molecule has 0 fully saturated rings. The molecule has 0 aliphatic rings. The van der Waals surface area contributed by atoms with Gasteiger partial charge in [-0.15, -0.1) is 0 Å². The predicted octanol–water partition coefficient (Wildman–Crippen LogP) is 3.51. The molecular formula is C8H12F2. The van der Waals surface area contributed by atoms with Crippen LogP contribution in [0, 0.1) is 0 Å². The molecule has 2 heteroatoms. The average Bonchev–Trinajstić information content (AvgIpc) is 1.87. The van der Waals surface area contributed by atoms with Gasteiger partial charge in [-0.25, -0.2) is 8.78 Å². The molecule has 0 aliphatic carbocycles. The molecule has 0 aromatic rings. The van der Waals surface area contributed by atoms with Crippen molar-refractivity contribution in [1.82, 2.24) is 0 Å². The zero-order valence-corrected chi connectivity index (χ0v) is 6.54. The second kappa shape index (κ2) is 4.20. The zero-order valence-electron chi connectivity index (χ0n) is 6.54. The fourth-order valence-electron chi connectivity index (χ4n) is 0.384. The van der Waals surface area contributed by atoms with E-state index in [1.165, 1.54) is 0 Å². The lowest BCUT2D eigenvalue weighted by Crippen LogP contribution is -1.74. The minimum absolute atomic E-state index is 0.251. The molecule has 0 heterocycles. The van der Waals surface area contributed by atoms with E-state index in [2.05, 4.69) is 0 Å². The van der Waals surface area contributed by atoms with Crippen LogP contribution in [-0.2, 0) is 0 Å². The van der Waals surface area contributed by atoms with Crippen LogP contribution in [0.1, 0.15) is 27.2 Å². The standard InChI is InChI=1S/C8H12F2/c1-4-7(9)5-8(10)6(2)3/h5H,4H2,1-3H3/b7-5+. The van der Waals surface area contributed by atoms with Gasteiger partial charge in [0.2, 0.25) is 0 Å². The summed E-state index contributed by atoms with van der Waals surface area (Å²) < 4.78 is 24.9. The van der Waals surface area contributed by atoms with Crippen molar-refractivity contribution in [2.24, 2.45) is 0 Å². The van der Waals surface area contributed by atoms with Crippen LogP contribution in [-0.4, -0.2) is 0 Å². The Morgan fingerprint density at radius 2 is 1.80 bits per heavy atom. The van der Waals surface area contributed by atoms with Gasteiger partial charge in [-0.2, -0.15) is 0 Å². The molecule has 0 saturated carbocycles. The van der Waals surface area contributed by atoms with Crippen molar-refractivity contribution in [1.29, 1.82) is 0 Å². The van der Waals surface area contributed by atoms with E-state index in [0.29, 0.717) is 5.57 Å². The fourth-order valence-corrected chi connectivity index (χ4v) is 0.384. The number of rotatable bonds is 2. The quantitative estimate of drug-likeness (QED) is 0.523. The zero-order chi connectivity index (χ0) is 8.15. The molecule has 0 bridgehead atoms. The second-order valence-corrected chi connectivity index (χ2v) is 2.29. The molecule has 0 rings (SSSR count). The first kappa shape index (κ1) is 9.34. The van der Waals surface area contributed by atoms with Crippen LogP contribution in [0.3, 0.4) is 0 Å². The summed E-state index contributed by atoms with van der Waals surface area (Å²) in [4.78, 5) is 0. The highest BCUT2D eigenvalue weighted by Gasteiger charge is 1.95. The summed E-state index contributed by atoms with van der Waals surface area (Å²) in [5.74, 6) is -0.891. The monoisotopic (exact) mass is 146 g/mol. The Morgan fingerprint density at radius 3 is 2.10 bits per heavy atom. The topological polar surface area (TPSA) is 0 Å². The molecular weight excluding hydrogens is 134 g/mol. The van der Waals surface area contributed by atoms with Gasteiger partial charge >= 0.3 is 0 Å². The Morgan fingerprint density at radius 1 is 1.30 bits per heavy atom. The van der Waals surface area contributed by atoms with Gasteiger partial charge in [0.1, 0.15) is 11.7 Å². The Labute approximate surface area is 60.2 Å². The number of halogens is 2. The molecule has 0 aromatic heterocycles. The fraction of sp³-hybridized carbons (Fsp3) is 0.500. The normalized spacial score (nSPS) is 11.5. The predicted molar refractivity (Wildman–Crippen MR) is 39.0 cm³/mol. The van der Waals surface area contributed by atoms with Gasteiger partial charge in [-0.05, 0) is 25.8 Å². The Kier molecular flexibility index (Phi) is 3.93. The minimum atomic E-state index is -0.473. The van der Waals surface area contributed by atoms with Crippen molar-refractivity contribution in [3.63, 3.8) is 0 Å².